The van der Waals surface area contributed by atoms with E-state index in [9.17, 15) is 57.9 Å². The number of carbonyl (C=O) groups excluding carboxylic acids is 3. The summed E-state index contributed by atoms with van der Waals surface area (Å²) in [6, 6.07) is 0. The first-order chi connectivity index (χ1) is 27.6. The Balaban J connectivity index is 1.42. The standard InChI is InChI=1S/C31H54N7O17P3S/c1-4-5-6-7-8-9-10-11-22(40)59-15-14-33-21(39)12-13-34-29(43)26(42)31(2,3)17-52-58(49,50)55-57(47,48)51-16-20-25(54-56(44,45)46)24(41)30(53-20)38-19-37-23-27(32)35-18-36-28(23)38/h18-20,24-26,30,41-42H,4-17H2,1-3H3,(H,33,39)(H,34,43)(H,47,48)(H,49,50)(H2,32,35,36)(H2,44,45,46)/t20-,24-,25-,26?,30-/m1/s1. The summed E-state index contributed by atoms with van der Waals surface area (Å²) in [5.74, 6) is -1.03. The van der Waals surface area contributed by atoms with Crippen LogP contribution in [0.3, 0.4) is 0 Å². The Morgan fingerprint density at radius 3 is 2.31 bits per heavy atom. The average molecular weight is 922 g/mol. The number of imidazole rings is 1. The maximum Gasteiger partial charge on any atom is 0.481 e. The first-order valence-corrected chi connectivity index (χ1v) is 24.1. The van der Waals surface area contributed by atoms with Crippen molar-refractivity contribution in [2.75, 3.05) is 37.8 Å². The average Bonchev–Trinajstić information content (AvgIpc) is 3.71. The van der Waals surface area contributed by atoms with Crippen LogP contribution in [0.5, 0.6) is 0 Å². The molecule has 10 N–H and O–H groups in total. The summed E-state index contributed by atoms with van der Waals surface area (Å²) in [6.45, 7) is 2.73. The molecule has 2 aromatic rings. The van der Waals surface area contributed by atoms with E-state index in [4.69, 9.17) is 19.5 Å². The smallest absolute Gasteiger partial charge is 0.386 e. The number of aliphatic hydroxyl groups excluding tert-OH is 2. The number of aromatic nitrogens is 4. The van der Waals surface area contributed by atoms with Gasteiger partial charge in [0.2, 0.25) is 11.8 Å². The second-order valence-corrected chi connectivity index (χ2v) is 19.5. The van der Waals surface area contributed by atoms with Crippen molar-refractivity contribution in [3.8, 4) is 0 Å². The highest BCUT2D eigenvalue weighted by molar-refractivity contribution is 8.13. The molecular formula is C31H54N7O17P3S. The summed E-state index contributed by atoms with van der Waals surface area (Å²) >= 11 is 1.14. The highest BCUT2D eigenvalue weighted by atomic mass is 32.2. The van der Waals surface area contributed by atoms with Crippen LogP contribution < -0.4 is 16.4 Å². The molecule has 1 aliphatic heterocycles. The van der Waals surface area contributed by atoms with Crippen LogP contribution in [0, 0.1) is 5.41 Å². The molecule has 336 valence electrons. The summed E-state index contributed by atoms with van der Waals surface area (Å²) in [4.78, 5) is 87.8. The van der Waals surface area contributed by atoms with Gasteiger partial charge in [-0.05, 0) is 6.42 Å². The molecule has 0 aliphatic carbocycles. The quantitative estimate of drug-likeness (QED) is 0.0455. The van der Waals surface area contributed by atoms with Crippen LogP contribution in [0.4, 0.5) is 5.82 Å². The van der Waals surface area contributed by atoms with Crippen molar-refractivity contribution in [1.29, 1.82) is 0 Å². The van der Waals surface area contributed by atoms with Gasteiger partial charge >= 0.3 is 23.5 Å². The van der Waals surface area contributed by atoms with Crippen molar-refractivity contribution in [2.45, 2.75) is 109 Å². The number of fused-ring (bicyclic) bond motifs is 1. The molecule has 0 bridgehead atoms. The first-order valence-electron chi connectivity index (χ1n) is 18.6. The van der Waals surface area contributed by atoms with E-state index in [-0.39, 0.29) is 41.6 Å². The summed E-state index contributed by atoms with van der Waals surface area (Å²) < 4.78 is 62.2. The minimum Gasteiger partial charge on any atom is -0.386 e. The number of unbranched alkanes of at least 4 members (excludes halogenated alkanes) is 6. The van der Waals surface area contributed by atoms with Gasteiger partial charge in [0, 0.05) is 37.1 Å². The molecule has 1 aliphatic rings. The molecule has 3 rings (SSSR count). The van der Waals surface area contributed by atoms with E-state index in [1.165, 1.54) is 39.5 Å². The number of hydrogen-bond acceptors (Lipinski definition) is 18. The fraction of sp³-hybridized carbons (Fsp3) is 0.742. The van der Waals surface area contributed by atoms with Crippen molar-refractivity contribution < 1.29 is 80.5 Å². The number of phosphoric ester groups is 3. The zero-order chi connectivity index (χ0) is 44.0. The Morgan fingerprint density at radius 1 is 0.966 bits per heavy atom. The number of carbonyl (C=O) groups is 3. The van der Waals surface area contributed by atoms with Gasteiger partial charge in [0.25, 0.3) is 0 Å². The summed E-state index contributed by atoms with van der Waals surface area (Å²) in [7, 11) is -16.4. The topological polar surface area (TPSA) is 364 Å². The zero-order valence-electron chi connectivity index (χ0n) is 32.7. The van der Waals surface area contributed by atoms with Crippen LogP contribution in [0.1, 0.15) is 84.8 Å². The number of aliphatic hydroxyl groups is 2. The molecule has 28 heteroatoms. The van der Waals surface area contributed by atoms with Gasteiger partial charge in [-0.1, -0.05) is 71.1 Å². The first kappa shape index (κ1) is 50.9. The largest absolute Gasteiger partial charge is 0.481 e. The van der Waals surface area contributed by atoms with Crippen molar-refractivity contribution >= 4 is 69.1 Å². The van der Waals surface area contributed by atoms with Gasteiger partial charge in [-0.25, -0.2) is 28.6 Å². The number of nitrogen functional groups attached to an aromatic ring is 1. The highest BCUT2D eigenvalue weighted by Gasteiger charge is 2.50. The number of anilines is 1. The van der Waals surface area contributed by atoms with Gasteiger partial charge in [-0.2, -0.15) is 4.31 Å². The molecular weight excluding hydrogens is 867 g/mol. The summed E-state index contributed by atoms with van der Waals surface area (Å²) in [5.41, 5.74) is 4.28. The van der Waals surface area contributed by atoms with E-state index < -0.39 is 84.6 Å². The Morgan fingerprint density at radius 2 is 1.63 bits per heavy atom. The van der Waals surface area contributed by atoms with Crippen molar-refractivity contribution in [3.05, 3.63) is 12.7 Å². The van der Waals surface area contributed by atoms with E-state index in [0.717, 1.165) is 48.2 Å². The van der Waals surface area contributed by atoms with E-state index >= 15 is 0 Å². The maximum atomic E-state index is 12.7. The van der Waals surface area contributed by atoms with Crippen LogP contribution in [0.15, 0.2) is 12.7 Å². The van der Waals surface area contributed by atoms with Crippen LogP contribution in [-0.4, -0.2) is 123 Å². The minimum absolute atomic E-state index is 0.0329. The van der Waals surface area contributed by atoms with E-state index in [2.05, 4.69) is 41.3 Å². The minimum atomic E-state index is -5.57. The zero-order valence-corrected chi connectivity index (χ0v) is 36.2. The number of nitrogens with one attached hydrogen (secondary N) is 2. The molecule has 1 saturated heterocycles. The van der Waals surface area contributed by atoms with E-state index in [0.29, 0.717) is 12.2 Å². The molecule has 2 amide bonds. The third-order valence-electron chi connectivity index (χ3n) is 8.75. The molecule has 59 heavy (non-hydrogen) atoms. The molecule has 3 heterocycles. The molecule has 0 spiro atoms. The summed E-state index contributed by atoms with van der Waals surface area (Å²) in [5, 5.41) is 26.5. The molecule has 3 unspecified atom stereocenters. The van der Waals surface area contributed by atoms with Crippen LogP contribution in [0.2, 0.25) is 0 Å². The number of phosphoric acid groups is 3. The lowest BCUT2D eigenvalue weighted by Crippen LogP contribution is -2.46. The van der Waals surface area contributed by atoms with E-state index in [1.807, 2.05) is 0 Å². The van der Waals surface area contributed by atoms with Gasteiger partial charge in [0.05, 0.1) is 19.5 Å². The lowest BCUT2D eigenvalue weighted by atomic mass is 9.87. The van der Waals surface area contributed by atoms with Crippen molar-refractivity contribution in [1.82, 2.24) is 30.2 Å². The van der Waals surface area contributed by atoms with Crippen LogP contribution >= 0.6 is 35.2 Å². The Bertz CT molecular complexity index is 1850. The molecule has 7 atom stereocenters. The number of nitrogens with zero attached hydrogens (tertiary/aromatic N) is 4. The molecule has 24 nitrogen and oxygen atoms in total. The predicted octanol–water partition coefficient (Wildman–Crippen LogP) is 1.81. The molecule has 2 aromatic heterocycles. The summed E-state index contributed by atoms with van der Waals surface area (Å²) in [6.07, 6.45) is 1.35. The maximum absolute atomic E-state index is 12.7. The van der Waals surface area contributed by atoms with Gasteiger partial charge in [0.1, 0.15) is 36.3 Å². The second kappa shape index (κ2) is 23.1. The third-order valence-corrected chi connectivity index (χ3v) is 12.8. The van der Waals surface area contributed by atoms with Gasteiger partial charge < -0.3 is 50.9 Å². The van der Waals surface area contributed by atoms with E-state index in [1.54, 1.807) is 0 Å². The van der Waals surface area contributed by atoms with Gasteiger partial charge in [-0.15, -0.1) is 0 Å². The number of hydrogen-bond donors (Lipinski definition) is 9. The highest BCUT2D eigenvalue weighted by Crippen LogP contribution is 2.61. The Hall–Kier alpha value is -2.44. The number of thioether (sulfide) groups is 1. The number of amides is 2. The van der Waals surface area contributed by atoms with Gasteiger partial charge in [0.15, 0.2) is 22.8 Å². The van der Waals surface area contributed by atoms with Crippen molar-refractivity contribution in [2.24, 2.45) is 5.41 Å². The lowest BCUT2D eigenvalue weighted by molar-refractivity contribution is -0.137. The third kappa shape index (κ3) is 17.1. The number of ether oxygens (including phenoxy) is 1. The molecule has 0 radical (unpaired) electrons. The Kier molecular flexibility index (Phi) is 20.0. The second-order valence-electron chi connectivity index (χ2n) is 14.2. The van der Waals surface area contributed by atoms with Crippen LogP contribution in [0.25, 0.3) is 11.2 Å². The fourth-order valence-electron chi connectivity index (χ4n) is 5.59. The normalized spacial score (nSPS) is 21.2. The van der Waals surface area contributed by atoms with Gasteiger partial charge in [-0.3, -0.25) is 32.5 Å². The monoisotopic (exact) mass is 921 g/mol. The predicted molar refractivity (Wildman–Crippen MR) is 210 cm³/mol. The van der Waals surface area contributed by atoms with Crippen LogP contribution in [-0.2, 0) is 50.7 Å². The molecule has 0 aromatic carbocycles. The molecule has 0 saturated carbocycles. The lowest BCUT2D eigenvalue weighted by Gasteiger charge is -2.30. The number of nitrogens with two attached hydrogens (primary N) is 1. The SMILES string of the molecule is CCCCCCCCCC(=O)SCCNC(=O)CCNC(=O)C(O)C(C)(C)COP(=O)(O)OP(=O)(O)OC[C@H]1O[C@@H](n2cnc3c(N)ncnc32)[C@H](O)[C@@H]1OP(=O)(O)O. The van der Waals surface area contributed by atoms with Crippen molar-refractivity contribution in [3.63, 3.8) is 0 Å². The molecule has 1 fully saturated rings. The number of rotatable bonds is 27. The fourth-order valence-corrected chi connectivity index (χ4v) is 9.14. The Labute approximate surface area is 344 Å².